The minimum atomic E-state index is -0.266. The molecule has 0 fully saturated rings. The summed E-state index contributed by atoms with van der Waals surface area (Å²) in [5.41, 5.74) is 6.55. The van der Waals surface area contributed by atoms with E-state index in [1.165, 1.54) is 46.9 Å². The van der Waals surface area contributed by atoms with E-state index in [4.69, 9.17) is 9.47 Å². The summed E-state index contributed by atoms with van der Waals surface area (Å²) in [5.74, 6) is -0.444. The summed E-state index contributed by atoms with van der Waals surface area (Å²) >= 11 is 0. The summed E-state index contributed by atoms with van der Waals surface area (Å²) in [7, 11) is 2.87. The molecule has 6 nitrogen and oxygen atoms in total. The van der Waals surface area contributed by atoms with E-state index in [0.29, 0.717) is 25.9 Å². The maximum atomic E-state index is 12.2. The molecular formula is C43H45BrN2O4. The molecule has 4 aromatic carbocycles. The van der Waals surface area contributed by atoms with Crippen molar-refractivity contribution >= 4 is 50.6 Å². The van der Waals surface area contributed by atoms with Gasteiger partial charge in [-0.15, -0.1) is 0 Å². The van der Waals surface area contributed by atoms with Crippen LogP contribution in [0.1, 0.15) is 51.7 Å². The zero-order valence-corrected chi connectivity index (χ0v) is 31.3. The maximum absolute atomic E-state index is 12.2. The first-order valence-electron chi connectivity index (χ1n) is 16.9. The first-order valence-corrected chi connectivity index (χ1v) is 16.9. The van der Waals surface area contributed by atoms with Gasteiger partial charge in [-0.2, -0.15) is 4.58 Å². The van der Waals surface area contributed by atoms with Crippen molar-refractivity contribution in [2.24, 2.45) is 0 Å². The Bertz CT molecular complexity index is 2100. The molecule has 50 heavy (non-hydrogen) atoms. The Morgan fingerprint density at radius 1 is 0.700 bits per heavy atom. The second-order valence-corrected chi connectivity index (χ2v) is 13.6. The minimum absolute atomic E-state index is 0. The normalized spacial score (nSPS) is 16.9. The molecule has 0 aromatic heterocycles. The van der Waals surface area contributed by atoms with Crippen LogP contribution in [0.15, 0.2) is 121 Å². The number of fused-ring (bicyclic) bond motifs is 6. The van der Waals surface area contributed by atoms with Crippen molar-refractivity contribution in [2.75, 3.05) is 32.2 Å². The van der Waals surface area contributed by atoms with E-state index in [1.807, 2.05) is 18.2 Å². The van der Waals surface area contributed by atoms with Gasteiger partial charge in [0.05, 0.1) is 26.1 Å². The van der Waals surface area contributed by atoms with Gasteiger partial charge in [0.2, 0.25) is 5.69 Å². The van der Waals surface area contributed by atoms with Crippen molar-refractivity contribution in [3.63, 3.8) is 0 Å². The molecule has 0 aliphatic carbocycles. The van der Waals surface area contributed by atoms with Crippen LogP contribution in [0.25, 0.3) is 21.5 Å². The first kappa shape index (κ1) is 36.5. The monoisotopic (exact) mass is 732 g/mol. The van der Waals surface area contributed by atoms with Gasteiger partial charge in [-0.3, -0.25) is 9.59 Å². The largest absolute Gasteiger partial charge is 1.00 e. The van der Waals surface area contributed by atoms with Crippen LogP contribution >= 0.6 is 0 Å². The van der Waals surface area contributed by atoms with Crippen molar-refractivity contribution < 1.29 is 40.6 Å². The number of ether oxygens (including phenoxy) is 2. The van der Waals surface area contributed by atoms with E-state index in [0.717, 1.165) is 22.8 Å². The van der Waals surface area contributed by atoms with Gasteiger partial charge < -0.3 is 31.4 Å². The average Bonchev–Trinajstić information content (AvgIpc) is 3.47. The number of allylic oxidation sites excluding steroid dienone is 8. The Morgan fingerprint density at radius 2 is 1.28 bits per heavy atom. The number of halogens is 1. The van der Waals surface area contributed by atoms with Crippen LogP contribution in [0.2, 0.25) is 0 Å². The number of hydrogen-bond acceptors (Lipinski definition) is 5. The van der Waals surface area contributed by atoms with Crippen molar-refractivity contribution in [3.8, 4) is 0 Å². The number of anilines is 1. The molecule has 0 unspecified atom stereocenters. The third-order valence-corrected chi connectivity index (χ3v) is 9.99. The lowest BCUT2D eigenvalue weighted by atomic mass is 9.79. The van der Waals surface area contributed by atoms with Gasteiger partial charge in [0.25, 0.3) is 0 Å². The number of hydrogen-bond donors (Lipinski definition) is 0. The van der Waals surface area contributed by atoms with Gasteiger partial charge in [0.15, 0.2) is 12.3 Å². The van der Waals surface area contributed by atoms with Crippen molar-refractivity contribution in [1.82, 2.24) is 0 Å². The maximum Gasteiger partial charge on any atom is 0.311 e. The van der Waals surface area contributed by atoms with Crippen molar-refractivity contribution in [3.05, 3.63) is 132 Å². The van der Waals surface area contributed by atoms with Crippen molar-refractivity contribution in [2.45, 2.75) is 51.4 Å². The van der Waals surface area contributed by atoms with Crippen LogP contribution < -0.4 is 21.9 Å². The predicted octanol–water partition coefficient (Wildman–Crippen LogP) is 5.85. The van der Waals surface area contributed by atoms with Crippen LogP contribution in [0.5, 0.6) is 0 Å². The molecule has 6 rings (SSSR count). The molecule has 0 bridgehead atoms. The first-order chi connectivity index (χ1) is 23.6. The minimum Gasteiger partial charge on any atom is -1.00 e. The second-order valence-electron chi connectivity index (χ2n) is 13.6. The number of esters is 2. The second kappa shape index (κ2) is 15.0. The summed E-state index contributed by atoms with van der Waals surface area (Å²) < 4.78 is 12.2. The molecule has 7 heteroatoms. The van der Waals surface area contributed by atoms with E-state index >= 15 is 0 Å². The molecule has 0 atom stereocenters. The molecule has 0 N–H and O–H groups in total. The lowest BCUT2D eigenvalue weighted by Crippen LogP contribution is -3.00. The number of carbonyl (C=O) groups excluding carboxylic acids is 2. The molecule has 0 saturated heterocycles. The van der Waals surface area contributed by atoms with Crippen LogP contribution in [0.3, 0.4) is 0 Å². The summed E-state index contributed by atoms with van der Waals surface area (Å²) in [6.07, 6.45) is 15.2. The van der Waals surface area contributed by atoms with Gasteiger partial charge in [-0.1, -0.05) is 98.8 Å². The van der Waals surface area contributed by atoms with Gasteiger partial charge >= 0.3 is 11.9 Å². The van der Waals surface area contributed by atoms with E-state index in [1.54, 1.807) is 0 Å². The zero-order chi connectivity index (χ0) is 34.8. The topological polar surface area (TPSA) is 58.8 Å². The Balaban J connectivity index is 0.00000486. The summed E-state index contributed by atoms with van der Waals surface area (Å²) in [4.78, 5) is 26.6. The highest BCUT2D eigenvalue weighted by atomic mass is 79.9. The summed E-state index contributed by atoms with van der Waals surface area (Å²) in [5, 5.41) is 4.87. The van der Waals surface area contributed by atoms with Crippen LogP contribution in [0, 0.1) is 0 Å². The molecule has 258 valence electrons. The van der Waals surface area contributed by atoms with Gasteiger partial charge in [0, 0.05) is 41.1 Å². The molecule has 0 spiro atoms. The standard InChI is InChI=1S/C43H45N2O4.BrH/c1-42(2)36(44(28-26-38(46)48-5)34-24-22-30-16-12-14-18-32(30)40(34)42)20-10-8-7-9-11-21-37-43(3,4)41-33-19-15-13-17-31(33)23-25-35(41)45(37)29-27-39(47)49-6;/h7-25H,26-29H2,1-6H3;1H/q+1;/p-1. The SMILES string of the molecule is COC(=O)CCN1/C(=C/C=C/C=C/C=C/C2=[N+](CCC(=O)OC)c3ccc4ccccc4c3C2(C)C)C(C)(C)c2c1ccc1ccccc21.[Br-]. The highest BCUT2D eigenvalue weighted by Gasteiger charge is 2.45. The number of nitrogens with zero attached hydrogens (tertiary/aromatic N) is 2. The lowest BCUT2D eigenvalue weighted by molar-refractivity contribution is -0.436. The molecule has 2 aliphatic rings. The highest BCUT2D eigenvalue weighted by Crippen LogP contribution is 2.51. The highest BCUT2D eigenvalue weighted by molar-refractivity contribution is 6.07. The Hall–Kier alpha value is -4.75. The van der Waals surface area contributed by atoms with Crippen LogP contribution in [0.4, 0.5) is 11.4 Å². The number of carbonyl (C=O) groups is 2. The third kappa shape index (κ3) is 6.71. The molecule has 0 radical (unpaired) electrons. The fraction of sp³-hybridized carbons (Fsp3) is 0.279. The van der Waals surface area contributed by atoms with Crippen molar-refractivity contribution in [1.29, 1.82) is 0 Å². The van der Waals surface area contributed by atoms with Gasteiger partial charge in [-0.05, 0) is 59.2 Å². The molecule has 0 saturated carbocycles. The lowest BCUT2D eigenvalue weighted by Gasteiger charge is -2.26. The molecule has 0 amide bonds. The van der Waals surface area contributed by atoms with E-state index in [2.05, 4.69) is 134 Å². The molecular weight excluding hydrogens is 688 g/mol. The Kier molecular flexibility index (Phi) is 11.0. The van der Waals surface area contributed by atoms with Gasteiger partial charge in [0.1, 0.15) is 6.42 Å². The van der Waals surface area contributed by atoms with Crippen LogP contribution in [-0.4, -0.2) is 49.5 Å². The van der Waals surface area contributed by atoms with E-state index in [-0.39, 0.29) is 39.8 Å². The smallest absolute Gasteiger partial charge is 0.311 e. The average molecular weight is 734 g/mol. The van der Waals surface area contributed by atoms with Gasteiger partial charge in [-0.25, -0.2) is 0 Å². The number of rotatable bonds is 10. The van der Waals surface area contributed by atoms with E-state index in [9.17, 15) is 9.59 Å². The van der Waals surface area contributed by atoms with Crippen LogP contribution in [-0.2, 0) is 29.9 Å². The summed E-state index contributed by atoms with van der Waals surface area (Å²) in [6, 6.07) is 25.6. The quantitative estimate of drug-likeness (QED) is 0.116. The number of benzene rings is 4. The summed E-state index contributed by atoms with van der Waals surface area (Å²) in [6.45, 7) is 10.1. The fourth-order valence-corrected chi connectivity index (χ4v) is 7.65. The molecule has 4 aromatic rings. The fourth-order valence-electron chi connectivity index (χ4n) is 7.65. The zero-order valence-electron chi connectivity index (χ0n) is 29.7. The number of methoxy groups -OCH3 is 2. The molecule has 2 heterocycles. The van der Waals surface area contributed by atoms with E-state index < -0.39 is 0 Å². The predicted molar refractivity (Wildman–Crippen MR) is 200 cm³/mol. The molecule has 2 aliphatic heterocycles. The Labute approximate surface area is 305 Å². The Morgan fingerprint density at radius 3 is 1.96 bits per heavy atom. The third-order valence-electron chi connectivity index (χ3n) is 9.99.